The number of piperidine rings is 1. The van der Waals surface area contributed by atoms with Crippen molar-refractivity contribution < 1.29 is 8.78 Å². The molecule has 154 valence electrons. The van der Waals surface area contributed by atoms with Crippen LogP contribution in [-0.2, 0) is 6.42 Å². The predicted molar refractivity (Wildman–Crippen MR) is 113 cm³/mol. The molecule has 7 heteroatoms. The van der Waals surface area contributed by atoms with Crippen molar-refractivity contribution in [2.24, 2.45) is 5.92 Å². The minimum Gasteiger partial charge on any atom is -0.398 e. The van der Waals surface area contributed by atoms with Crippen LogP contribution < -0.4 is 11.1 Å². The van der Waals surface area contributed by atoms with E-state index >= 15 is 0 Å². The number of nitrogens with two attached hydrogens (primary N) is 1. The standard InChI is InChI=1S/C23H23F2N5/c24-18-4-1-5-19(25)22(18)15-6-7-20(26)17(10-15)23(27)21-13-29-12-16(30-21)9-14-3-2-8-28-11-14/h1,4-7,10,12-14,27-28H,2-3,8-9,11,26H2. The first kappa shape index (κ1) is 20.1. The highest BCUT2D eigenvalue weighted by Gasteiger charge is 2.18. The van der Waals surface area contributed by atoms with Crippen molar-refractivity contribution in [3.8, 4) is 11.1 Å². The molecule has 1 saturated heterocycles. The van der Waals surface area contributed by atoms with Gasteiger partial charge in [-0.05, 0) is 68.1 Å². The fourth-order valence-corrected chi connectivity index (χ4v) is 3.86. The number of hydrogen-bond acceptors (Lipinski definition) is 5. The van der Waals surface area contributed by atoms with E-state index in [1.54, 1.807) is 18.3 Å². The lowest BCUT2D eigenvalue weighted by atomic mass is 9.94. The summed E-state index contributed by atoms with van der Waals surface area (Å²) in [5, 5.41) is 12.0. The molecule has 0 radical (unpaired) electrons. The third kappa shape index (κ3) is 4.21. The number of aromatic nitrogens is 2. The molecule has 2 aromatic carbocycles. The normalized spacial score (nSPS) is 16.4. The van der Waals surface area contributed by atoms with Crippen LogP contribution in [0.5, 0.6) is 0 Å². The molecule has 1 atom stereocenters. The van der Waals surface area contributed by atoms with Crippen LogP contribution in [0.1, 0.15) is 29.8 Å². The van der Waals surface area contributed by atoms with E-state index in [0.29, 0.717) is 28.4 Å². The van der Waals surface area contributed by atoms with E-state index in [9.17, 15) is 8.78 Å². The molecule has 1 fully saturated rings. The molecule has 0 amide bonds. The van der Waals surface area contributed by atoms with Gasteiger partial charge in [-0.1, -0.05) is 12.1 Å². The summed E-state index contributed by atoms with van der Waals surface area (Å²) in [5.41, 5.74) is 8.23. The number of anilines is 1. The zero-order valence-corrected chi connectivity index (χ0v) is 16.5. The maximum atomic E-state index is 14.2. The Bertz CT molecular complexity index is 1060. The molecule has 30 heavy (non-hydrogen) atoms. The Morgan fingerprint density at radius 1 is 1.17 bits per heavy atom. The molecule has 1 aliphatic heterocycles. The van der Waals surface area contributed by atoms with Gasteiger partial charge in [0.25, 0.3) is 0 Å². The molecule has 0 spiro atoms. The summed E-state index contributed by atoms with van der Waals surface area (Å²) in [6, 6.07) is 8.35. The van der Waals surface area contributed by atoms with Gasteiger partial charge in [0.2, 0.25) is 0 Å². The number of halogens is 2. The Hall–Kier alpha value is -3.19. The maximum Gasteiger partial charge on any atom is 0.133 e. The van der Waals surface area contributed by atoms with Gasteiger partial charge < -0.3 is 11.1 Å². The van der Waals surface area contributed by atoms with Gasteiger partial charge in [0, 0.05) is 17.4 Å². The smallest absolute Gasteiger partial charge is 0.133 e. The van der Waals surface area contributed by atoms with Crippen molar-refractivity contribution in [1.82, 2.24) is 15.3 Å². The monoisotopic (exact) mass is 407 g/mol. The summed E-state index contributed by atoms with van der Waals surface area (Å²) in [6.07, 6.45) is 6.31. The summed E-state index contributed by atoms with van der Waals surface area (Å²) >= 11 is 0. The minimum absolute atomic E-state index is 0.0715. The van der Waals surface area contributed by atoms with Crippen LogP contribution in [-0.4, -0.2) is 28.8 Å². The van der Waals surface area contributed by atoms with Crippen LogP contribution >= 0.6 is 0 Å². The first-order valence-corrected chi connectivity index (χ1v) is 9.98. The average molecular weight is 407 g/mol. The lowest BCUT2D eigenvalue weighted by Gasteiger charge is -2.22. The molecule has 1 unspecified atom stereocenters. The molecule has 0 saturated carbocycles. The lowest BCUT2D eigenvalue weighted by Crippen LogP contribution is -2.31. The summed E-state index contributed by atoms with van der Waals surface area (Å²) in [7, 11) is 0. The molecule has 0 aliphatic carbocycles. The van der Waals surface area contributed by atoms with Crippen LogP contribution in [0.2, 0.25) is 0 Å². The summed E-state index contributed by atoms with van der Waals surface area (Å²) in [6.45, 7) is 2.00. The minimum atomic E-state index is -0.667. The molecular formula is C23H23F2N5. The molecule has 2 heterocycles. The number of hydrogen-bond donors (Lipinski definition) is 3. The third-order valence-corrected chi connectivity index (χ3v) is 5.41. The highest BCUT2D eigenvalue weighted by atomic mass is 19.1. The van der Waals surface area contributed by atoms with Crippen LogP contribution in [0.15, 0.2) is 48.8 Å². The molecule has 5 nitrogen and oxygen atoms in total. The Morgan fingerprint density at radius 2 is 1.97 bits per heavy atom. The number of benzene rings is 2. The third-order valence-electron chi connectivity index (χ3n) is 5.41. The second-order valence-corrected chi connectivity index (χ2v) is 7.59. The quantitative estimate of drug-likeness (QED) is 0.441. The number of nitrogens with zero attached hydrogens (tertiary/aromatic N) is 2. The van der Waals surface area contributed by atoms with Gasteiger partial charge in [-0.2, -0.15) is 0 Å². The number of nitrogens with one attached hydrogen (secondary N) is 2. The van der Waals surface area contributed by atoms with Crippen LogP contribution in [0, 0.1) is 23.0 Å². The summed E-state index contributed by atoms with van der Waals surface area (Å²) < 4.78 is 28.4. The Balaban J connectivity index is 1.64. The SMILES string of the molecule is N=C(c1cncc(CC2CCCNC2)n1)c1cc(-c2c(F)cccc2F)ccc1N. The molecule has 1 aliphatic rings. The second-order valence-electron chi connectivity index (χ2n) is 7.59. The Kier molecular flexibility index (Phi) is 5.81. The van der Waals surface area contributed by atoms with E-state index in [1.165, 1.54) is 30.5 Å². The zero-order chi connectivity index (χ0) is 21.1. The second kappa shape index (κ2) is 8.67. The Labute approximate surface area is 173 Å². The molecular weight excluding hydrogens is 384 g/mol. The van der Waals surface area contributed by atoms with Crippen LogP contribution in [0.25, 0.3) is 11.1 Å². The van der Waals surface area contributed by atoms with Gasteiger partial charge in [-0.25, -0.2) is 13.8 Å². The topological polar surface area (TPSA) is 87.7 Å². The highest BCUT2D eigenvalue weighted by molar-refractivity contribution is 6.13. The summed E-state index contributed by atoms with van der Waals surface area (Å²) in [5.74, 6) is -0.838. The van der Waals surface area contributed by atoms with Gasteiger partial charge in [0.05, 0.1) is 23.2 Å². The van der Waals surface area contributed by atoms with Crippen molar-refractivity contribution in [2.45, 2.75) is 19.3 Å². The molecule has 4 rings (SSSR count). The fraction of sp³-hybridized carbons (Fsp3) is 0.261. The van der Waals surface area contributed by atoms with Gasteiger partial charge >= 0.3 is 0 Å². The van der Waals surface area contributed by atoms with Crippen molar-refractivity contribution >= 4 is 11.4 Å². The van der Waals surface area contributed by atoms with Gasteiger partial charge in [-0.3, -0.25) is 10.4 Å². The van der Waals surface area contributed by atoms with E-state index in [4.69, 9.17) is 11.1 Å². The largest absolute Gasteiger partial charge is 0.398 e. The van der Waals surface area contributed by atoms with E-state index in [1.807, 2.05) is 0 Å². The fourth-order valence-electron chi connectivity index (χ4n) is 3.86. The van der Waals surface area contributed by atoms with Gasteiger partial charge in [-0.15, -0.1) is 0 Å². The maximum absolute atomic E-state index is 14.2. The van der Waals surface area contributed by atoms with Gasteiger partial charge in [0.1, 0.15) is 17.3 Å². The Morgan fingerprint density at radius 3 is 2.70 bits per heavy atom. The molecule has 1 aromatic heterocycles. The van der Waals surface area contributed by atoms with E-state index in [0.717, 1.165) is 38.0 Å². The van der Waals surface area contributed by atoms with Crippen LogP contribution in [0.4, 0.5) is 14.5 Å². The molecule has 4 N–H and O–H groups in total. The summed E-state index contributed by atoms with van der Waals surface area (Å²) in [4.78, 5) is 8.85. The zero-order valence-electron chi connectivity index (χ0n) is 16.5. The van der Waals surface area contributed by atoms with Crippen molar-refractivity contribution in [1.29, 1.82) is 5.41 Å². The van der Waals surface area contributed by atoms with E-state index in [-0.39, 0.29) is 11.3 Å². The number of nitrogen functional groups attached to an aromatic ring is 1. The average Bonchev–Trinajstić information content (AvgIpc) is 2.75. The predicted octanol–water partition coefficient (Wildman–Crippen LogP) is 3.96. The number of rotatable bonds is 5. The highest BCUT2D eigenvalue weighted by Crippen LogP contribution is 2.29. The van der Waals surface area contributed by atoms with Crippen molar-refractivity contribution in [2.75, 3.05) is 18.8 Å². The molecule has 3 aromatic rings. The first-order chi connectivity index (χ1) is 14.5. The van der Waals surface area contributed by atoms with E-state index in [2.05, 4.69) is 15.3 Å². The lowest BCUT2D eigenvalue weighted by molar-refractivity contribution is 0.373. The van der Waals surface area contributed by atoms with Crippen molar-refractivity contribution in [3.63, 3.8) is 0 Å². The molecule has 0 bridgehead atoms. The van der Waals surface area contributed by atoms with Crippen molar-refractivity contribution in [3.05, 3.63) is 77.4 Å². The van der Waals surface area contributed by atoms with Crippen LogP contribution in [0.3, 0.4) is 0 Å². The van der Waals surface area contributed by atoms with Gasteiger partial charge in [0.15, 0.2) is 0 Å². The first-order valence-electron chi connectivity index (χ1n) is 9.98. The van der Waals surface area contributed by atoms with E-state index < -0.39 is 11.6 Å².